The number of aliphatic imine (C=N–C) groups is 1. The van der Waals surface area contributed by atoms with Crippen LogP contribution in [0.2, 0.25) is 5.02 Å². The van der Waals surface area contributed by atoms with E-state index in [9.17, 15) is 13.6 Å². The molecule has 2 N–H and O–H groups in total. The third kappa shape index (κ3) is 6.01. The summed E-state index contributed by atoms with van der Waals surface area (Å²) in [6.45, 7) is 1.55. The van der Waals surface area contributed by atoms with E-state index in [1.165, 1.54) is 23.1 Å². The van der Waals surface area contributed by atoms with Gasteiger partial charge in [0, 0.05) is 65.3 Å². The van der Waals surface area contributed by atoms with Crippen molar-refractivity contribution in [2.24, 2.45) is 4.99 Å². The monoisotopic (exact) mass is 628 g/mol. The normalized spacial score (nSPS) is 15.7. The average molecular weight is 629 g/mol. The molecule has 12 heteroatoms. The van der Waals surface area contributed by atoms with Crippen LogP contribution in [0.1, 0.15) is 33.5 Å². The van der Waals surface area contributed by atoms with Gasteiger partial charge < -0.3 is 15.1 Å². The van der Waals surface area contributed by atoms with Crippen LogP contribution in [-0.2, 0) is 6.54 Å². The summed E-state index contributed by atoms with van der Waals surface area (Å²) >= 11 is 6.32. The molecule has 2 aliphatic heterocycles. The lowest BCUT2D eigenvalue weighted by Gasteiger charge is -2.27. The molecule has 4 aromatic rings. The largest absolute Gasteiger partial charge is 0.341 e. The van der Waals surface area contributed by atoms with Crippen molar-refractivity contribution in [1.82, 2.24) is 24.7 Å². The number of aromatic nitrogens is 2. The van der Waals surface area contributed by atoms with Crippen molar-refractivity contribution in [3.05, 3.63) is 106 Å². The van der Waals surface area contributed by atoms with Crippen molar-refractivity contribution in [3.63, 3.8) is 0 Å². The smallest absolute Gasteiger partial charge is 0.260 e. The summed E-state index contributed by atoms with van der Waals surface area (Å²) in [5.41, 5.74) is 3.31. The zero-order chi connectivity index (χ0) is 31.8. The van der Waals surface area contributed by atoms with E-state index in [0.29, 0.717) is 51.2 Å². The van der Waals surface area contributed by atoms with Gasteiger partial charge in [-0.1, -0.05) is 23.7 Å². The number of carbonyl (C=O) groups excluding carboxylic acids is 1. The first kappa shape index (κ1) is 30.3. The van der Waals surface area contributed by atoms with E-state index >= 15 is 0 Å². The molecule has 1 amide bonds. The number of halogens is 3. The Morgan fingerprint density at radius 1 is 1.04 bits per heavy atom. The SMILES string of the molecule is CN(C(=N)N1CCC(N(C)C)C1)C(=O)c1ccc(Nc2ncc3c(n2)-c2ccc(Cl)cc2C(c2c(F)cccc2F)=NC3)cc1. The van der Waals surface area contributed by atoms with E-state index in [2.05, 4.69) is 20.2 Å². The molecule has 0 saturated carbocycles. The van der Waals surface area contributed by atoms with Crippen LogP contribution in [0.25, 0.3) is 11.3 Å². The Morgan fingerprint density at radius 2 is 1.78 bits per heavy atom. The molecule has 1 aromatic heterocycles. The second kappa shape index (κ2) is 12.3. The summed E-state index contributed by atoms with van der Waals surface area (Å²) in [6, 6.07) is 16.0. The summed E-state index contributed by atoms with van der Waals surface area (Å²) in [5, 5.41) is 12.1. The highest BCUT2D eigenvalue weighted by Gasteiger charge is 2.29. The highest BCUT2D eigenvalue weighted by Crippen LogP contribution is 2.35. The Labute approximate surface area is 264 Å². The van der Waals surface area contributed by atoms with E-state index in [0.717, 1.165) is 13.0 Å². The molecule has 0 bridgehead atoms. The lowest BCUT2D eigenvalue weighted by Crippen LogP contribution is -2.44. The summed E-state index contributed by atoms with van der Waals surface area (Å²) in [5.74, 6) is -1.26. The van der Waals surface area contributed by atoms with E-state index in [1.54, 1.807) is 55.7 Å². The molecule has 0 radical (unpaired) electrons. The Bertz CT molecular complexity index is 1810. The molecule has 6 rings (SSSR count). The number of amides is 1. The standard InChI is InChI=1S/C33H31ClF2N8O/c1-42(2)23-13-14-44(18-23)32(37)43(3)31(45)19-7-10-22(11-8-19)40-33-39-17-20-16-38-30(28-26(35)5-4-6-27(28)36)25-15-21(34)9-12-24(25)29(20)41-33/h4-12,15,17,23,37H,13-14,16,18H2,1-3H3,(H,39,40,41). The quantitative estimate of drug-likeness (QED) is 0.214. The third-order valence-electron chi connectivity index (χ3n) is 8.17. The number of hydrogen-bond donors (Lipinski definition) is 2. The number of rotatable bonds is 5. The molecule has 1 unspecified atom stereocenters. The number of hydrogen-bond acceptors (Lipinski definition) is 7. The van der Waals surface area contributed by atoms with Gasteiger partial charge in [-0.2, -0.15) is 0 Å². The number of guanidine groups is 1. The van der Waals surface area contributed by atoms with Crippen LogP contribution in [0.3, 0.4) is 0 Å². The molecular formula is C33H31ClF2N8O. The first-order chi connectivity index (χ1) is 21.6. The highest BCUT2D eigenvalue weighted by molar-refractivity contribution is 6.31. The number of fused-ring (bicyclic) bond motifs is 3. The van der Waals surface area contributed by atoms with Crippen LogP contribution >= 0.6 is 11.6 Å². The zero-order valence-corrected chi connectivity index (χ0v) is 25.7. The molecule has 1 saturated heterocycles. The summed E-state index contributed by atoms with van der Waals surface area (Å²) < 4.78 is 29.7. The fourth-order valence-electron chi connectivity index (χ4n) is 5.60. The number of carbonyl (C=O) groups is 1. The molecule has 0 aliphatic carbocycles. The number of nitrogens with one attached hydrogen (secondary N) is 2. The van der Waals surface area contributed by atoms with E-state index < -0.39 is 11.6 Å². The molecule has 230 valence electrons. The Balaban J connectivity index is 1.22. The van der Waals surface area contributed by atoms with Crippen molar-refractivity contribution in [1.29, 1.82) is 5.41 Å². The summed E-state index contributed by atoms with van der Waals surface area (Å²) in [6.07, 6.45) is 2.57. The Morgan fingerprint density at radius 3 is 2.47 bits per heavy atom. The van der Waals surface area contributed by atoms with Gasteiger partial charge in [-0.3, -0.25) is 20.1 Å². The van der Waals surface area contributed by atoms with Crippen molar-refractivity contribution >= 4 is 40.8 Å². The maximum Gasteiger partial charge on any atom is 0.260 e. The Hall–Kier alpha value is -4.74. The second-order valence-electron chi connectivity index (χ2n) is 11.3. The van der Waals surface area contributed by atoms with Gasteiger partial charge in [0.2, 0.25) is 11.9 Å². The first-order valence-electron chi connectivity index (χ1n) is 14.4. The summed E-state index contributed by atoms with van der Waals surface area (Å²) in [4.78, 5) is 32.3. The van der Waals surface area contributed by atoms with Crippen LogP contribution in [0.4, 0.5) is 20.4 Å². The molecular weight excluding hydrogens is 598 g/mol. The van der Waals surface area contributed by atoms with Gasteiger partial charge in [-0.05, 0) is 69.0 Å². The molecule has 45 heavy (non-hydrogen) atoms. The van der Waals surface area contributed by atoms with E-state index in [-0.39, 0.29) is 35.6 Å². The zero-order valence-electron chi connectivity index (χ0n) is 25.0. The Kier molecular flexibility index (Phi) is 8.30. The molecule has 0 spiro atoms. The topological polar surface area (TPSA) is 101 Å². The maximum atomic E-state index is 14.8. The van der Waals surface area contributed by atoms with Crippen molar-refractivity contribution in [3.8, 4) is 11.3 Å². The van der Waals surface area contributed by atoms with E-state index in [1.807, 2.05) is 19.0 Å². The minimum atomic E-state index is -0.724. The fourth-order valence-corrected chi connectivity index (χ4v) is 5.78. The molecule has 9 nitrogen and oxygen atoms in total. The minimum absolute atomic E-state index is 0.109. The van der Waals surface area contributed by atoms with Crippen molar-refractivity contribution < 1.29 is 13.6 Å². The van der Waals surface area contributed by atoms with Gasteiger partial charge in [-0.25, -0.2) is 18.7 Å². The van der Waals surface area contributed by atoms with Crippen LogP contribution < -0.4 is 5.32 Å². The lowest BCUT2D eigenvalue weighted by molar-refractivity contribution is 0.0856. The molecule has 1 fully saturated rings. The fraction of sp³-hybridized carbons (Fsp3) is 0.242. The minimum Gasteiger partial charge on any atom is -0.341 e. The van der Waals surface area contributed by atoms with Gasteiger partial charge in [0.1, 0.15) is 11.6 Å². The van der Waals surface area contributed by atoms with Crippen molar-refractivity contribution in [2.45, 2.75) is 19.0 Å². The molecule has 1 atom stereocenters. The van der Waals surface area contributed by atoms with Crippen molar-refractivity contribution in [2.75, 3.05) is 39.5 Å². The van der Waals surface area contributed by atoms with Gasteiger partial charge in [-0.15, -0.1) is 0 Å². The predicted octanol–water partition coefficient (Wildman–Crippen LogP) is 5.81. The maximum absolute atomic E-state index is 14.8. The number of likely N-dealkylation sites (N-methyl/N-ethyl adjacent to an activating group) is 1. The van der Waals surface area contributed by atoms with Gasteiger partial charge >= 0.3 is 0 Å². The number of likely N-dealkylation sites (tertiary alicyclic amines) is 1. The molecule has 2 aliphatic rings. The van der Waals surface area contributed by atoms with Gasteiger partial charge in [0.25, 0.3) is 5.91 Å². The van der Waals surface area contributed by atoms with Crippen LogP contribution in [0, 0.1) is 17.0 Å². The number of anilines is 2. The lowest BCUT2D eigenvalue weighted by atomic mass is 9.95. The first-order valence-corrected chi connectivity index (χ1v) is 14.8. The predicted molar refractivity (Wildman–Crippen MR) is 171 cm³/mol. The third-order valence-corrected chi connectivity index (χ3v) is 8.40. The van der Waals surface area contributed by atoms with Crippen LogP contribution in [0.15, 0.2) is 71.9 Å². The highest BCUT2D eigenvalue weighted by atomic mass is 35.5. The summed E-state index contributed by atoms with van der Waals surface area (Å²) in [7, 11) is 5.66. The van der Waals surface area contributed by atoms with Crippen LogP contribution in [-0.4, -0.2) is 82.5 Å². The second-order valence-corrected chi connectivity index (χ2v) is 11.7. The average Bonchev–Trinajstić information content (AvgIpc) is 3.48. The number of benzene rings is 3. The number of nitrogens with zero attached hydrogens (tertiary/aromatic N) is 6. The van der Waals surface area contributed by atoms with Gasteiger partial charge in [0.05, 0.1) is 23.5 Å². The van der Waals surface area contributed by atoms with E-state index in [4.69, 9.17) is 22.0 Å². The van der Waals surface area contributed by atoms with Gasteiger partial charge in [0.15, 0.2) is 0 Å². The van der Waals surface area contributed by atoms with Crippen LogP contribution in [0.5, 0.6) is 0 Å². The molecule has 3 heterocycles. The molecule has 3 aromatic carbocycles.